The fourth-order valence-corrected chi connectivity index (χ4v) is 5.97. The summed E-state index contributed by atoms with van der Waals surface area (Å²) in [6.07, 6.45) is 35.2. The predicted octanol–water partition coefficient (Wildman–Crippen LogP) is 12.5. The van der Waals surface area contributed by atoms with Crippen molar-refractivity contribution < 1.29 is 28.6 Å². The number of esters is 3. The van der Waals surface area contributed by atoms with E-state index in [1.807, 2.05) is 0 Å². The highest BCUT2D eigenvalue weighted by atomic mass is 16.6. The highest BCUT2D eigenvalue weighted by Gasteiger charge is 2.19. The molecule has 0 aliphatic heterocycles. The van der Waals surface area contributed by atoms with Gasteiger partial charge in [-0.05, 0) is 19.3 Å². The fourth-order valence-electron chi connectivity index (χ4n) is 5.97. The van der Waals surface area contributed by atoms with Crippen LogP contribution in [0.4, 0.5) is 0 Å². The van der Waals surface area contributed by atoms with E-state index in [0.29, 0.717) is 19.3 Å². The number of ether oxygens (including phenoxy) is 3. The van der Waals surface area contributed by atoms with Crippen molar-refractivity contribution in [2.75, 3.05) is 13.2 Å². The van der Waals surface area contributed by atoms with Gasteiger partial charge in [-0.2, -0.15) is 0 Å². The summed E-state index contributed by atoms with van der Waals surface area (Å²) in [4.78, 5) is 37.4. The minimum atomic E-state index is -0.755. The summed E-state index contributed by atoms with van der Waals surface area (Å²) in [5, 5.41) is 0. The van der Waals surface area contributed by atoms with E-state index >= 15 is 0 Å². The molecule has 0 aliphatic carbocycles. The number of carbonyl (C=O) groups excluding carboxylic acids is 3. The summed E-state index contributed by atoms with van der Waals surface area (Å²) in [5.74, 6) is -0.867. The van der Waals surface area contributed by atoms with Crippen molar-refractivity contribution in [1.82, 2.24) is 0 Å². The second kappa shape index (κ2) is 37.2. The Balaban J connectivity index is 4.28. The first kappa shape index (κ1) is 45.4. The summed E-state index contributed by atoms with van der Waals surface area (Å²) in [6.45, 7) is 6.58. The molecule has 0 rings (SSSR count). The van der Waals surface area contributed by atoms with E-state index in [4.69, 9.17) is 14.2 Å². The van der Waals surface area contributed by atoms with Gasteiger partial charge >= 0.3 is 17.9 Å². The van der Waals surface area contributed by atoms with Crippen molar-refractivity contribution in [3.05, 3.63) is 0 Å². The summed E-state index contributed by atoms with van der Waals surface area (Å²) in [7, 11) is 0. The maximum atomic E-state index is 12.5. The molecule has 0 aromatic heterocycles. The predicted molar refractivity (Wildman–Crippen MR) is 197 cm³/mol. The van der Waals surface area contributed by atoms with E-state index < -0.39 is 6.10 Å². The molecular weight excluding hydrogens is 588 g/mol. The van der Waals surface area contributed by atoms with Gasteiger partial charge in [0.05, 0.1) is 0 Å². The van der Waals surface area contributed by atoms with E-state index in [1.54, 1.807) is 0 Å². The molecule has 0 heterocycles. The van der Waals surface area contributed by atoms with Crippen molar-refractivity contribution in [3.63, 3.8) is 0 Å². The average molecular weight is 667 g/mol. The molecule has 0 aliphatic rings. The fraction of sp³-hybridized carbons (Fsp3) is 0.927. The minimum Gasteiger partial charge on any atom is -0.462 e. The molecule has 0 spiro atoms. The number of rotatable bonds is 37. The van der Waals surface area contributed by atoms with Crippen LogP contribution < -0.4 is 0 Å². The first-order valence-electron chi connectivity index (χ1n) is 20.5. The molecule has 6 nitrogen and oxygen atoms in total. The molecule has 0 N–H and O–H groups in total. The first-order valence-corrected chi connectivity index (χ1v) is 20.5. The van der Waals surface area contributed by atoms with E-state index in [1.165, 1.54) is 128 Å². The van der Waals surface area contributed by atoms with Crippen LogP contribution in [0.5, 0.6) is 0 Å². The van der Waals surface area contributed by atoms with Crippen molar-refractivity contribution in [2.24, 2.45) is 0 Å². The maximum absolute atomic E-state index is 12.5. The van der Waals surface area contributed by atoms with Crippen LogP contribution in [0.3, 0.4) is 0 Å². The lowest BCUT2D eigenvalue weighted by atomic mass is 10.0. The zero-order valence-electron chi connectivity index (χ0n) is 31.6. The van der Waals surface area contributed by atoms with Gasteiger partial charge in [-0.1, -0.05) is 188 Å². The number of hydrogen-bond donors (Lipinski definition) is 0. The third-order valence-electron chi connectivity index (χ3n) is 9.11. The quantitative estimate of drug-likeness (QED) is 0.0373. The molecule has 0 bridgehead atoms. The lowest BCUT2D eigenvalue weighted by molar-refractivity contribution is -0.167. The van der Waals surface area contributed by atoms with Crippen LogP contribution in [0.1, 0.15) is 226 Å². The average Bonchev–Trinajstić information content (AvgIpc) is 3.06. The van der Waals surface area contributed by atoms with Gasteiger partial charge < -0.3 is 14.2 Å². The van der Waals surface area contributed by atoms with Gasteiger partial charge in [-0.25, -0.2) is 0 Å². The van der Waals surface area contributed by atoms with Crippen molar-refractivity contribution in [1.29, 1.82) is 0 Å². The van der Waals surface area contributed by atoms with Gasteiger partial charge in [0.1, 0.15) is 13.2 Å². The highest BCUT2D eigenvalue weighted by Crippen LogP contribution is 2.15. The monoisotopic (exact) mass is 667 g/mol. The summed E-state index contributed by atoms with van der Waals surface area (Å²) in [6, 6.07) is 0. The van der Waals surface area contributed by atoms with Gasteiger partial charge in [0.2, 0.25) is 0 Å². The zero-order valence-corrected chi connectivity index (χ0v) is 31.6. The van der Waals surface area contributed by atoms with E-state index in [-0.39, 0.29) is 31.1 Å². The summed E-state index contributed by atoms with van der Waals surface area (Å²) >= 11 is 0. The Bertz CT molecular complexity index is 693. The molecule has 0 saturated heterocycles. The standard InChI is InChI=1S/C41H78O6/c1-4-7-10-13-16-18-20-21-23-26-28-31-34-40(43)46-37-38(47-41(44)35-32-29-24-15-12-9-6-3)36-45-39(42)33-30-27-25-22-19-17-14-11-8-5-2/h38H,4-37H2,1-3H3/t38-/m0/s1. The molecule has 0 amide bonds. The molecular formula is C41H78O6. The smallest absolute Gasteiger partial charge is 0.306 e. The normalized spacial score (nSPS) is 11.8. The SMILES string of the molecule is CCCCCCCCCCCCCCC(=O)OC[C@H](COC(=O)CCCCCCCCCCCC)OC(=O)CCCCCCCCC. The Morgan fingerprint density at radius 3 is 0.851 bits per heavy atom. The van der Waals surface area contributed by atoms with Gasteiger partial charge in [0.25, 0.3) is 0 Å². The molecule has 47 heavy (non-hydrogen) atoms. The maximum Gasteiger partial charge on any atom is 0.306 e. The molecule has 0 fully saturated rings. The molecule has 0 unspecified atom stereocenters. The van der Waals surface area contributed by atoms with Gasteiger partial charge in [-0.15, -0.1) is 0 Å². The van der Waals surface area contributed by atoms with Crippen LogP contribution in [-0.4, -0.2) is 37.2 Å². The largest absolute Gasteiger partial charge is 0.462 e. The second-order valence-corrected chi connectivity index (χ2v) is 13.9. The van der Waals surface area contributed by atoms with E-state index in [2.05, 4.69) is 20.8 Å². The lowest BCUT2D eigenvalue weighted by Gasteiger charge is -2.18. The molecule has 0 aromatic rings. The van der Waals surface area contributed by atoms with E-state index in [9.17, 15) is 14.4 Å². The van der Waals surface area contributed by atoms with Gasteiger partial charge in [-0.3, -0.25) is 14.4 Å². The minimum absolute atomic E-state index is 0.0641. The second-order valence-electron chi connectivity index (χ2n) is 13.9. The lowest BCUT2D eigenvalue weighted by Crippen LogP contribution is -2.30. The van der Waals surface area contributed by atoms with E-state index in [0.717, 1.165) is 57.8 Å². The van der Waals surface area contributed by atoms with Crippen LogP contribution in [0, 0.1) is 0 Å². The van der Waals surface area contributed by atoms with Crippen molar-refractivity contribution >= 4 is 17.9 Å². The number of hydrogen-bond acceptors (Lipinski definition) is 6. The molecule has 0 aromatic carbocycles. The molecule has 1 atom stereocenters. The van der Waals surface area contributed by atoms with Crippen molar-refractivity contribution in [3.8, 4) is 0 Å². The Hall–Kier alpha value is -1.59. The molecule has 6 heteroatoms. The van der Waals surface area contributed by atoms with Crippen LogP contribution >= 0.6 is 0 Å². The molecule has 0 saturated carbocycles. The summed E-state index contributed by atoms with van der Waals surface area (Å²) in [5.41, 5.74) is 0. The Morgan fingerprint density at radius 2 is 0.574 bits per heavy atom. The Morgan fingerprint density at radius 1 is 0.340 bits per heavy atom. The number of unbranched alkanes of at least 4 members (excludes halogenated alkanes) is 26. The van der Waals surface area contributed by atoms with Crippen molar-refractivity contribution in [2.45, 2.75) is 232 Å². The molecule has 278 valence electrons. The summed E-state index contributed by atoms with van der Waals surface area (Å²) < 4.78 is 16.6. The Kier molecular flexibility index (Phi) is 36.0. The Labute approximate surface area is 291 Å². The third kappa shape index (κ3) is 35.5. The van der Waals surface area contributed by atoms with Gasteiger partial charge in [0.15, 0.2) is 6.10 Å². The topological polar surface area (TPSA) is 78.9 Å². The molecule has 0 radical (unpaired) electrons. The van der Waals surface area contributed by atoms with Crippen LogP contribution in [0.15, 0.2) is 0 Å². The zero-order chi connectivity index (χ0) is 34.5. The van der Waals surface area contributed by atoms with Crippen LogP contribution in [0.2, 0.25) is 0 Å². The third-order valence-corrected chi connectivity index (χ3v) is 9.11. The first-order chi connectivity index (χ1) is 23.0. The van der Waals surface area contributed by atoms with Crippen LogP contribution in [-0.2, 0) is 28.6 Å². The highest BCUT2D eigenvalue weighted by molar-refractivity contribution is 5.71. The number of carbonyl (C=O) groups is 3. The van der Waals surface area contributed by atoms with Gasteiger partial charge in [0, 0.05) is 19.3 Å². The van der Waals surface area contributed by atoms with Crippen LogP contribution in [0.25, 0.3) is 0 Å².